The van der Waals surface area contributed by atoms with Crippen LogP contribution in [0.25, 0.3) is 0 Å². The molecule has 0 aliphatic heterocycles. The zero-order valence-corrected chi connectivity index (χ0v) is 7.25. The van der Waals surface area contributed by atoms with Crippen molar-refractivity contribution in [1.29, 1.82) is 0 Å². The van der Waals surface area contributed by atoms with E-state index in [9.17, 15) is 0 Å². The Morgan fingerprint density at radius 1 is 1.67 bits per heavy atom. The minimum atomic E-state index is 0.599. The quantitative estimate of drug-likeness (QED) is 0.688. The summed E-state index contributed by atoms with van der Waals surface area (Å²) >= 11 is 0. The fourth-order valence-electron chi connectivity index (χ4n) is 1.36. The molecular weight excluding hydrogens is 152 g/mol. The van der Waals surface area contributed by atoms with E-state index in [2.05, 4.69) is 10.4 Å². The molecule has 1 aromatic rings. The fraction of sp³-hybridized carbons (Fsp3) is 0.625. The van der Waals surface area contributed by atoms with Crippen molar-refractivity contribution in [3.05, 3.63) is 6.20 Å². The van der Waals surface area contributed by atoms with Gasteiger partial charge in [-0.1, -0.05) is 0 Å². The molecule has 1 aliphatic rings. The lowest BCUT2D eigenvalue weighted by molar-refractivity contribution is 0.444. The van der Waals surface area contributed by atoms with Crippen molar-refractivity contribution in [1.82, 2.24) is 9.78 Å². The monoisotopic (exact) mass is 166 g/mol. The summed E-state index contributed by atoms with van der Waals surface area (Å²) in [6.45, 7) is 0. The summed E-state index contributed by atoms with van der Waals surface area (Å²) < 4.78 is 1.73. The third-order valence-corrected chi connectivity index (χ3v) is 2.30. The highest BCUT2D eigenvalue weighted by molar-refractivity contribution is 5.60. The van der Waals surface area contributed by atoms with E-state index in [4.69, 9.17) is 5.73 Å². The first-order valence-electron chi connectivity index (χ1n) is 4.31. The zero-order chi connectivity index (χ0) is 8.55. The molecule has 0 radical (unpaired) electrons. The van der Waals surface area contributed by atoms with Crippen LogP contribution in [0, 0.1) is 0 Å². The third kappa shape index (κ3) is 1.24. The number of nitrogens with one attached hydrogen (secondary N) is 1. The van der Waals surface area contributed by atoms with Crippen LogP contribution in [-0.2, 0) is 7.05 Å². The molecule has 1 aromatic heterocycles. The summed E-state index contributed by atoms with van der Waals surface area (Å²) in [7, 11) is 1.88. The van der Waals surface area contributed by atoms with Crippen LogP contribution in [0.1, 0.15) is 19.3 Å². The van der Waals surface area contributed by atoms with Crippen molar-refractivity contribution >= 4 is 11.5 Å². The van der Waals surface area contributed by atoms with Crippen molar-refractivity contribution in [3.8, 4) is 0 Å². The van der Waals surface area contributed by atoms with Gasteiger partial charge in [0.1, 0.15) is 0 Å². The molecule has 1 aliphatic carbocycles. The molecule has 1 saturated carbocycles. The van der Waals surface area contributed by atoms with E-state index in [0.717, 1.165) is 11.5 Å². The van der Waals surface area contributed by atoms with Gasteiger partial charge in [-0.05, 0) is 19.3 Å². The lowest BCUT2D eigenvalue weighted by Crippen LogP contribution is -2.27. The Bertz CT molecular complexity index is 275. The van der Waals surface area contributed by atoms with Gasteiger partial charge in [-0.15, -0.1) is 0 Å². The van der Waals surface area contributed by atoms with E-state index in [0.29, 0.717) is 6.04 Å². The first-order chi connectivity index (χ1) is 5.75. The minimum Gasteiger partial charge on any atom is -0.394 e. The normalized spacial score (nSPS) is 17.4. The number of rotatable bonds is 2. The number of aryl methyl sites for hydroxylation is 1. The molecule has 2 rings (SSSR count). The van der Waals surface area contributed by atoms with Crippen LogP contribution in [0.2, 0.25) is 0 Å². The van der Waals surface area contributed by atoms with E-state index < -0.39 is 0 Å². The van der Waals surface area contributed by atoms with Gasteiger partial charge in [0.15, 0.2) is 5.82 Å². The predicted molar refractivity (Wildman–Crippen MR) is 48.9 cm³/mol. The Kier molecular flexibility index (Phi) is 1.67. The molecule has 0 atom stereocenters. The Labute approximate surface area is 71.7 Å². The van der Waals surface area contributed by atoms with Crippen molar-refractivity contribution < 1.29 is 0 Å². The Morgan fingerprint density at radius 3 is 2.83 bits per heavy atom. The van der Waals surface area contributed by atoms with Gasteiger partial charge in [-0.25, -0.2) is 0 Å². The fourth-order valence-corrected chi connectivity index (χ4v) is 1.36. The molecule has 0 spiro atoms. The standard InChI is InChI=1S/C8H14N4/c1-12-5-7(9)8(11-12)10-6-3-2-4-6/h5-6H,2-4,9H2,1H3,(H,10,11). The molecule has 0 saturated heterocycles. The highest BCUT2D eigenvalue weighted by atomic mass is 15.3. The van der Waals surface area contributed by atoms with E-state index in [1.807, 2.05) is 13.2 Å². The number of anilines is 2. The molecule has 0 amide bonds. The number of aromatic nitrogens is 2. The number of nitrogens with zero attached hydrogens (tertiary/aromatic N) is 2. The van der Waals surface area contributed by atoms with E-state index >= 15 is 0 Å². The first kappa shape index (κ1) is 7.46. The topological polar surface area (TPSA) is 55.9 Å². The summed E-state index contributed by atoms with van der Waals surface area (Å²) in [5, 5.41) is 7.52. The van der Waals surface area contributed by atoms with E-state index in [1.54, 1.807) is 4.68 Å². The second-order valence-electron chi connectivity index (χ2n) is 3.38. The second kappa shape index (κ2) is 2.69. The van der Waals surface area contributed by atoms with Crippen molar-refractivity contribution in [2.24, 2.45) is 7.05 Å². The van der Waals surface area contributed by atoms with Gasteiger partial charge in [-0.3, -0.25) is 4.68 Å². The lowest BCUT2D eigenvalue weighted by Gasteiger charge is -2.26. The summed E-state index contributed by atoms with van der Waals surface area (Å²) in [4.78, 5) is 0. The molecule has 12 heavy (non-hydrogen) atoms. The molecule has 0 unspecified atom stereocenters. The summed E-state index contributed by atoms with van der Waals surface area (Å²) in [5.41, 5.74) is 6.46. The van der Waals surface area contributed by atoms with Crippen molar-refractivity contribution in [3.63, 3.8) is 0 Å². The molecule has 0 aromatic carbocycles. The first-order valence-corrected chi connectivity index (χ1v) is 4.31. The van der Waals surface area contributed by atoms with Gasteiger partial charge in [0.05, 0.1) is 5.69 Å². The molecule has 3 N–H and O–H groups in total. The number of hydrogen-bond donors (Lipinski definition) is 2. The summed E-state index contributed by atoms with van der Waals surface area (Å²) in [5.74, 6) is 0.835. The highest BCUT2D eigenvalue weighted by Gasteiger charge is 2.18. The lowest BCUT2D eigenvalue weighted by atomic mass is 9.93. The van der Waals surface area contributed by atoms with Gasteiger partial charge >= 0.3 is 0 Å². The largest absolute Gasteiger partial charge is 0.394 e. The molecular formula is C8H14N4. The average Bonchev–Trinajstić information content (AvgIpc) is 2.21. The van der Waals surface area contributed by atoms with E-state index in [1.165, 1.54) is 19.3 Å². The van der Waals surface area contributed by atoms with Crippen molar-refractivity contribution in [2.45, 2.75) is 25.3 Å². The SMILES string of the molecule is Cn1cc(N)c(NC2CCC2)n1. The smallest absolute Gasteiger partial charge is 0.171 e. The van der Waals surface area contributed by atoms with Crippen LogP contribution in [0.15, 0.2) is 6.20 Å². The highest BCUT2D eigenvalue weighted by Crippen LogP contribution is 2.24. The van der Waals surface area contributed by atoms with Crippen LogP contribution in [0.3, 0.4) is 0 Å². The second-order valence-corrected chi connectivity index (χ2v) is 3.38. The van der Waals surface area contributed by atoms with E-state index in [-0.39, 0.29) is 0 Å². The van der Waals surface area contributed by atoms with Gasteiger partial charge in [0.25, 0.3) is 0 Å². The van der Waals surface area contributed by atoms with Crippen LogP contribution in [0.5, 0.6) is 0 Å². The Morgan fingerprint density at radius 2 is 2.42 bits per heavy atom. The zero-order valence-electron chi connectivity index (χ0n) is 7.25. The molecule has 4 nitrogen and oxygen atoms in total. The Hall–Kier alpha value is -1.19. The minimum absolute atomic E-state index is 0.599. The van der Waals surface area contributed by atoms with Crippen molar-refractivity contribution in [2.75, 3.05) is 11.1 Å². The number of nitrogens with two attached hydrogens (primary N) is 1. The number of hydrogen-bond acceptors (Lipinski definition) is 3. The maximum Gasteiger partial charge on any atom is 0.171 e. The predicted octanol–water partition coefficient (Wildman–Crippen LogP) is 0.967. The Balaban J connectivity index is 2.05. The van der Waals surface area contributed by atoms with Gasteiger partial charge in [0.2, 0.25) is 0 Å². The average molecular weight is 166 g/mol. The maximum absolute atomic E-state index is 5.72. The van der Waals surface area contributed by atoms with Crippen LogP contribution in [-0.4, -0.2) is 15.8 Å². The van der Waals surface area contributed by atoms with Crippen LogP contribution in [0.4, 0.5) is 11.5 Å². The van der Waals surface area contributed by atoms with Gasteiger partial charge in [-0.2, -0.15) is 5.10 Å². The third-order valence-electron chi connectivity index (χ3n) is 2.30. The van der Waals surface area contributed by atoms with Gasteiger partial charge in [0, 0.05) is 19.3 Å². The molecule has 1 heterocycles. The molecule has 1 fully saturated rings. The molecule has 66 valence electrons. The van der Waals surface area contributed by atoms with Gasteiger partial charge < -0.3 is 11.1 Å². The summed E-state index contributed by atoms with van der Waals surface area (Å²) in [6, 6.07) is 0.599. The number of nitrogen functional groups attached to an aromatic ring is 1. The summed E-state index contributed by atoms with van der Waals surface area (Å²) in [6.07, 6.45) is 5.64. The van der Waals surface area contributed by atoms with Crippen LogP contribution < -0.4 is 11.1 Å². The van der Waals surface area contributed by atoms with Crippen LogP contribution >= 0.6 is 0 Å². The maximum atomic E-state index is 5.72. The molecule has 4 heteroatoms. The molecule has 0 bridgehead atoms.